The molecule has 1 aliphatic rings. The molecule has 1 N–H and O–H groups in total. The highest BCUT2D eigenvalue weighted by Crippen LogP contribution is 2.23. The lowest BCUT2D eigenvalue weighted by atomic mass is 9.87. The molecule has 4 rings (SSSR count). The lowest BCUT2D eigenvalue weighted by Gasteiger charge is -2.27. The van der Waals surface area contributed by atoms with E-state index in [0.29, 0.717) is 17.7 Å². The van der Waals surface area contributed by atoms with Gasteiger partial charge in [0.25, 0.3) is 5.56 Å². The maximum atomic E-state index is 12.8. The molecule has 0 bridgehead atoms. The highest BCUT2D eigenvalue weighted by atomic mass is 16.2. The monoisotopic (exact) mass is 352 g/mol. The summed E-state index contributed by atoms with van der Waals surface area (Å²) < 4.78 is 3.47. The SMILES string of the molecule is CC1CCC(NC(=O)CCn2c(=O)c3cccn3c3cccnc32)CC1. The summed E-state index contributed by atoms with van der Waals surface area (Å²) in [4.78, 5) is 29.6. The van der Waals surface area contributed by atoms with Crippen molar-refractivity contribution in [2.24, 2.45) is 5.92 Å². The normalized spacial score (nSPS) is 20.5. The van der Waals surface area contributed by atoms with Gasteiger partial charge in [-0.3, -0.25) is 14.2 Å². The first-order valence-corrected chi connectivity index (χ1v) is 9.37. The predicted octanol–water partition coefficient (Wildman–Crippen LogP) is 2.73. The number of rotatable bonds is 4. The van der Waals surface area contributed by atoms with Crippen molar-refractivity contribution in [2.45, 2.75) is 51.6 Å². The van der Waals surface area contributed by atoms with Gasteiger partial charge in [-0.2, -0.15) is 0 Å². The van der Waals surface area contributed by atoms with Gasteiger partial charge in [-0.25, -0.2) is 4.98 Å². The third-order valence-corrected chi connectivity index (χ3v) is 5.44. The van der Waals surface area contributed by atoms with Gasteiger partial charge >= 0.3 is 0 Å². The van der Waals surface area contributed by atoms with Crippen LogP contribution in [0, 0.1) is 5.92 Å². The molecular formula is C20H24N4O2. The van der Waals surface area contributed by atoms with Crippen LogP contribution in [0.4, 0.5) is 0 Å². The summed E-state index contributed by atoms with van der Waals surface area (Å²) in [6.07, 6.45) is 8.27. The fourth-order valence-electron chi connectivity index (χ4n) is 3.91. The summed E-state index contributed by atoms with van der Waals surface area (Å²) in [7, 11) is 0. The number of nitrogens with zero attached hydrogens (tertiary/aromatic N) is 3. The van der Waals surface area contributed by atoms with Crippen LogP contribution in [0.25, 0.3) is 16.7 Å². The van der Waals surface area contributed by atoms with Gasteiger partial charge in [-0.15, -0.1) is 0 Å². The van der Waals surface area contributed by atoms with E-state index < -0.39 is 0 Å². The molecule has 1 aliphatic carbocycles. The van der Waals surface area contributed by atoms with Crippen LogP contribution < -0.4 is 10.9 Å². The first-order chi connectivity index (χ1) is 12.6. The Hall–Kier alpha value is -2.63. The van der Waals surface area contributed by atoms with Crippen molar-refractivity contribution >= 4 is 22.6 Å². The summed E-state index contributed by atoms with van der Waals surface area (Å²) in [6, 6.07) is 7.72. The molecule has 6 heteroatoms. The molecule has 1 fully saturated rings. The van der Waals surface area contributed by atoms with Crippen LogP contribution in [0.1, 0.15) is 39.0 Å². The molecule has 0 spiro atoms. The molecule has 0 saturated heterocycles. The summed E-state index contributed by atoms with van der Waals surface area (Å²) in [5.41, 5.74) is 1.97. The number of aryl methyl sites for hydroxylation is 1. The van der Waals surface area contributed by atoms with Crippen LogP contribution in [-0.4, -0.2) is 25.9 Å². The first-order valence-electron chi connectivity index (χ1n) is 9.37. The minimum atomic E-state index is -0.111. The van der Waals surface area contributed by atoms with E-state index in [2.05, 4.69) is 17.2 Å². The number of carbonyl (C=O) groups is 1. The maximum Gasteiger partial charge on any atom is 0.276 e. The van der Waals surface area contributed by atoms with Crippen molar-refractivity contribution < 1.29 is 4.79 Å². The zero-order valence-electron chi connectivity index (χ0n) is 15.0. The Morgan fingerprint density at radius 2 is 1.96 bits per heavy atom. The summed E-state index contributed by atoms with van der Waals surface area (Å²) >= 11 is 0. The Balaban J connectivity index is 1.54. The lowest BCUT2D eigenvalue weighted by molar-refractivity contribution is -0.122. The highest BCUT2D eigenvalue weighted by molar-refractivity contribution is 5.77. The van der Waals surface area contributed by atoms with Crippen LogP contribution in [0.5, 0.6) is 0 Å². The molecule has 3 aromatic rings. The van der Waals surface area contributed by atoms with Gasteiger partial charge in [0.2, 0.25) is 5.91 Å². The largest absolute Gasteiger partial charge is 0.353 e. The van der Waals surface area contributed by atoms with Crippen molar-refractivity contribution in [1.82, 2.24) is 19.3 Å². The smallest absolute Gasteiger partial charge is 0.276 e. The minimum absolute atomic E-state index is 0.00999. The van der Waals surface area contributed by atoms with E-state index >= 15 is 0 Å². The lowest BCUT2D eigenvalue weighted by Crippen LogP contribution is -2.38. The van der Waals surface area contributed by atoms with Crippen molar-refractivity contribution in [3.05, 3.63) is 47.0 Å². The second-order valence-electron chi connectivity index (χ2n) is 7.34. The van der Waals surface area contributed by atoms with Gasteiger partial charge in [0.05, 0.1) is 5.52 Å². The molecule has 6 nitrogen and oxygen atoms in total. The summed E-state index contributed by atoms with van der Waals surface area (Å²) in [5, 5.41) is 3.13. The molecule has 0 aromatic carbocycles. The second-order valence-corrected chi connectivity index (χ2v) is 7.34. The van der Waals surface area contributed by atoms with Gasteiger partial charge in [-0.05, 0) is 55.9 Å². The van der Waals surface area contributed by atoms with Crippen molar-refractivity contribution in [1.29, 1.82) is 0 Å². The van der Waals surface area contributed by atoms with Crippen molar-refractivity contribution in [2.75, 3.05) is 0 Å². The number of carbonyl (C=O) groups excluding carboxylic acids is 1. The van der Waals surface area contributed by atoms with Gasteiger partial charge in [0.15, 0.2) is 5.65 Å². The Kier molecular flexibility index (Phi) is 4.49. The summed E-state index contributed by atoms with van der Waals surface area (Å²) in [6.45, 7) is 2.60. The van der Waals surface area contributed by atoms with E-state index in [1.807, 2.05) is 28.8 Å². The Morgan fingerprint density at radius 1 is 1.19 bits per heavy atom. The minimum Gasteiger partial charge on any atom is -0.353 e. The topological polar surface area (TPSA) is 68.4 Å². The number of nitrogens with one attached hydrogen (secondary N) is 1. The second kappa shape index (κ2) is 6.94. The van der Waals surface area contributed by atoms with E-state index in [-0.39, 0.29) is 23.9 Å². The van der Waals surface area contributed by atoms with Crippen LogP contribution >= 0.6 is 0 Å². The fourth-order valence-corrected chi connectivity index (χ4v) is 3.91. The standard InChI is InChI=1S/C20H24N4O2/c1-14-6-8-15(9-7-14)22-18(25)10-13-24-19-16(4-2-11-21-19)23-12-3-5-17(23)20(24)26/h2-5,11-12,14-15H,6-10,13H2,1H3,(H,22,25). The first kappa shape index (κ1) is 16.8. The van der Waals surface area contributed by atoms with E-state index in [1.165, 1.54) is 12.8 Å². The van der Waals surface area contributed by atoms with Gasteiger partial charge in [0.1, 0.15) is 5.52 Å². The third kappa shape index (κ3) is 3.11. The molecule has 3 heterocycles. The number of aromatic nitrogens is 3. The highest BCUT2D eigenvalue weighted by Gasteiger charge is 2.20. The van der Waals surface area contributed by atoms with E-state index in [9.17, 15) is 9.59 Å². The third-order valence-electron chi connectivity index (χ3n) is 5.44. The van der Waals surface area contributed by atoms with Crippen molar-refractivity contribution in [3.63, 3.8) is 0 Å². The van der Waals surface area contributed by atoms with E-state index in [1.54, 1.807) is 16.8 Å². The number of hydrogen-bond acceptors (Lipinski definition) is 3. The quantitative estimate of drug-likeness (QED) is 0.785. The van der Waals surface area contributed by atoms with Crippen LogP contribution in [0.2, 0.25) is 0 Å². The van der Waals surface area contributed by atoms with Crippen LogP contribution in [0.3, 0.4) is 0 Å². The Labute approximate surface area is 151 Å². The molecule has 0 atom stereocenters. The molecule has 136 valence electrons. The zero-order chi connectivity index (χ0) is 18.1. The molecule has 26 heavy (non-hydrogen) atoms. The Bertz CT molecular complexity index is 996. The Morgan fingerprint density at radius 3 is 2.77 bits per heavy atom. The average Bonchev–Trinajstić information content (AvgIpc) is 3.14. The molecule has 0 unspecified atom stereocenters. The molecule has 1 amide bonds. The van der Waals surface area contributed by atoms with Gasteiger partial charge in [0, 0.05) is 31.4 Å². The number of amides is 1. The predicted molar refractivity (Wildman–Crippen MR) is 101 cm³/mol. The van der Waals surface area contributed by atoms with E-state index in [4.69, 9.17) is 0 Å². The van der Waals surface area contributed by atoms with Gasteiger partial charge in [-0.1, -0.05) is 6.92 Å². The summed E-state index contributed by atoms with van der Waals surface area (Å²) in [5.74, 6) is 0.767. The number of fused-ring (bicyclic) bond motifs is 3. The number of pyridine rings is 1. The molecular weight excluding hydrogens is 328 g/mol. The average molecular weight is 352 g/mol. The molecule has 3 aromatic heterocycles. The number of hydrogen-bond donors (Lipinski definition) is 1. The molecule has 0 radical (unpaired) electrons. The van der Waals surface area contributed by atoms with Crippen LogP contribution in [-0.2, 0) is 11.3 Å². The zero-order valence-corrected chi connectivity index (χ0v) is 15.0. The fraction of sp³-hybridized carbons (Fsp3) is 0.450. The van der Waals surface area contributed by atoms with Crippen LogP contribution in [0.15, 0.2) is 41.5 Å². The van der Waals surface area contributed by atoms with Crippen molar-refractivity contribution in [3.8, 4) is 0 Å². The van der Waals surface area contributed by atoms with Gasteiger partial charge < -0.3 is 9.72 Å². The molecule has 0 aliphatic heterocycles. The molecule has 1 saturated carbocycles. The maximum absolute atomic E-state index is 12.8. The van der Waals surface area contributed by atoms with E-state index in [0.717, 1.165) is 24.3 Å².